The number of nitrogens with one attached hydrogen (secondary N) is 1. The molecule has 0 radical (unpaired) electrons. The summed E-state index contributed by atoms with van der Waals surface area (Å²) in [5.41, 5.74) is 0.298. The van der Waals surface area contributed by atoms with Crippen molar-refractivity contribution in [1.29, 1.82) is 0 Å². The van der Waals surface area contributed by atoms with E-state index in [-0.39, 0.29) is 0 Å². The van der Waals surface area contributed by atoms with E-state index in [0.717, 1.165) is 11.0 Å². The van der Waals surface area contributed by atoms with E-state index in [1.807, 2.05) is 6.92 Å². The molecule has 0 bridgehead atoms. The summed E-state index contributed by atoms with van der Waals surface area (Å²) in [5.74, 6) is 0.866. The van der Waals surface area contributed by atoms with Crippen molar-refractivity contribution in [2.24, 2.45) is 0 Å². The van der Waals surface area contributed by atoms with Crippen molar-refractivity contribution >= 4 is 16.7 Å². The van der Waals surface area contributed by atoms with Crippen molar-refractivity contribution in [3.05, 3.63) is 5.82 Å². The number of anilines is 1. The molecule has 2 rings (SSSR count). The second-order valence-electron chi connectivity index (χ2n) is 3.69. The van der Waals surface area contributed by atoms with Crippen molar-refractivity contribution in [3.63, 3.8) is 0 Å². The fourth-order valence-electron chi connectivity index (χ4n) is 1.44. The lowest BCUT2D eigenvalue weighted by atomic mass is 9.79. The lowest BCUT2D eigenvalue weighted by Crippen LogP contribution is -2.41. The molecule has 4 heteroatoms. The van der Waals surface area contributed by atoms with Gasteiger partial charge in [-0.15, -0.1) is 0 Å². The Morgan fingerprint density at radius 1 is 1.50 bits per heavy atom. The van der Waals surface area contributed by atoms with Crippen molar-refractivity contribution in [2.75, 3.05) is 5.32 Å². The lowest BCUT2D eigenvalue weighted by molar-refractivity contribution is 0.306. The van der Waals surface area contributed by atoms with Crippen molar-refractivity contribution in [3.8, 4) is 0 Å². The standard InChI is InChI=1S/C8H13N3S/c1-6-9-7(12-11-6)10-8(2)4-3-5-8/h3-5H2,1-2H3,(H,9,10,11). The third-order valence-electron chi connectivity index (χ3n) is 2.39. The summed E-state index contributed by atoms with van der Waals surface area (Å²) in [4.78, 5) is 4.27. The maximum absolute atomic E-state index is 4.27. The fourth-order valence-corrected chi connectivity index (χ4v) is 2.16. The maximum Gasteiger partial charge on any atom is 0.202 e. The molecule has 0 unspecified atom stereocenters. The van der Waals surface area contributed by atoms with Crippen LogP contribution in [0.4, 0.5) is 5.13 Å². The first-order valence-electron chi connectivity index (χ1n) is 4.26. The summed E-state index contributed by atoms with van der Waals surface area (Å²) in [6.45, 7) is 4.16. The number of aromatic nitrogens is 2. The van der Waals surface area contributed by atoms with Crippen LogP contribution >= 0.6 is 11.5 Å². The third-order valence-corrected chi connectivity index (χ3v) is 3.12. The zero-order chi connectivity index (χ0) is 8.60. The number of hydrogen-bond donors (Lipinski definition) is 1. The van der Waals surface area contributed by atoms with Crippen molar-refractivity contribution in [1.82, 2.24) is 9.36 Å². The first kappa shape index (κ1) is 7.98. The van der Waals surface area contributed by atoms with E-state index in [2.05, 4.69) is 21.6 Å². The van der Waals surface area contributed by atoms with Gasteiger partial charge in [-0.25, -0.2) is 4.98 Å². The van der Waals surface area contributed by atoms with Crippen LogP contribution in [0.25, 0.3) is 0 Å². The van der Waals surface area contributed by atoms with Crippen molar-refractivity contribution < 1.29 is 0 Å². The SMILES string of the molecule is Cc1nsc(NC2(C)CCC2)n1. The molecule has 0 saturated heterocycles. The second kappa shape index (κ2) is 2.69. The number of aryl methyl sites for hydroxylation is 1. The minimum Gasteiger partial charge on any atom is -0.355 e. The summed E-state index contributed by atoms with van der Waals surface area (Å²) < 4.78 is 4.13. The van der Waals surface area contributed by atoms with Crippen LogP contribution in [0.3, 0.4) is 0 Å². The van der Waals surface area contributed by atoms with Gasteiger partial charge >= 0.3 is 0 Å². The zero-order valence-corrected chi connectivity index (χ0v) is 8.24. The molecule has 0 spiro atoms. The number of rotatable bonds is 2. The first-order valence-corrected chi connectivity index (χ1v) is 5.04. The third kappa shape index (κ3) is 1.43. The second-order valence-corrected chi connectivity index (χ2v) is 4.44. The summed E-state index contributed by atoms with van der Waals surface area (Å²) >= 11 is 1.45. The van der Waals surface area contributed by atoms with E-state index in [9.17, 15) is 0 Å². The predicted molar refractivity (Wildman–Crippen MR) is 50.5 cm³/mol. The monoisotopic (exact) mass is 183 g/mol. The van der Waals surface area contributed by atoms with Gasteiger partial charge in [0.1, 0.15) is 5.82 Å². The van der Waals surface area contributed by atoms with E-state index >= 15 is 0 Å². The van der Waals surface area contributed by atoms with Gasteiger partial charge in [-0.2, -0.15) is 4.37 Å². The maximum atomic E-state index is 4.27. The van der Waals surface area contributed by atoms with Crippen LogP contribution in [-0.4, -0.2) is 14.9 Å². The molecule has 0 amide bonds. The number of hydrogen-bond acceptors (Lipinski definition) is 4. The molecule has 1 N–H and O–H groups in total. The number of nitrogens with zero attached hydrogens (tertiary/aromatic N) is 2. The van der Waals surface area contributed by atoms with Gasteiger partial charge < -0.3 is 5.32 Å². The molecular weight excluding hydrogens is 170 g/mol. The van der Waals surface area contributed by atoms with Crippen molar-refractivity contribution in [2.45, 2.75) is 38.6 Å². The highest BCUT2D eigenvalue weighted by molar-refractivity contribution is 7.09. The fraction of sp³-hybridized carbons (Fsp3) is 0.750. The predicted octanol–water partition coefficient (Wildman–Crippen LogP) is 2.20. The lowest BCUT2D eigenvalue weighted by Gasteiger charge is -2.38. The Morgan fingerprint density at radius 2 is 2.25 bits per heavy atom. The van der Waals surface area contributed by atoms with Crippen LogP contribution in [0, 0.1) is 6.92 Å². The molecule has 0 atom stereocenters. The topological polar surface area (TPSA) is 37.8 Å². The Morgan fingerprint density at radius 3 is 2.67 bits per heavy atom. The minimum atomic E-state index is 0.298. The molecule has 66 valence electrons. The summed E-state index contributed by atoms with van der Waals surface area (Å²) in [6, 6.07) is 0. The van der Waals surface area contributed by atoms with Gasteiger partial charge in [0.05, 0.1) is 0 Å². The van der Waals surface area contributed by atoms with Crippen LogP contribution in [0.15, 0.2) is 0 Å². The molecule has 1 aliphatic rings. The van der Waals surface area contributed by atoms with Gasteiger partial charge in [0, 0.05) is 17.1 Å². The Hall–Kier alpha value is -0.640. The van der Waals surface area contributed by atoms with Crippen LogP contribution in [-0.2, 0) is 0 Å². The largest absolute Gasteiger partial charge is 0.355 e. The van der Waals surface area contributed by atoms with Crippen LogP contribution in [0.5, 0.6) is 0 Å². The van der Waals surface area contributed by atoms with Crippen LogP contribution < -0.4 is 5.32 Å². The molecule has 1 aromatic rings. The first-order chi connectivity index (χ1) is 5.68. The van der Waals surface area contributed by atoms with E-state index in [1.165, 1.54) is 30.8 Å². The normalized spacial score (nSPS) is 20.2. The highest BCUT2D eigenvalue weighted by Crippen LogP contribution is 2.34. The van der Waals surface area contributed by atoms with Gasteiger partial charge in [0.15, 0.2) is 0 Å². The van der Waals surface area contributed by atoms with E-state index in [0.29, 0.717) is 5.54 Å². The van der Waals surface area contributed by atoms with E-state index in [1.54, 1.807) is 0 Å². The molecule has 0 aliphatic heterocycles. The van der Waals surface area contributed by atoms with Gasteiger partial charge in [0.25, 0.3) is 0 Å². The average molecular weight is 183 g/mol. The van der Waals surface area contributed by atoms with Crippen LogP contribution in [0.1, 0.15) is 32.0 Å². The Balaban J connectivity index is 2.03. The van der Waals surface area contributed by atoms with Gasteiger partial charge in [-0.3, -0.25) is 0 Å². The molecular formula is C8H13N3S. The molecule has 1 heterocycles. The molecule has 1 aromatic heterocycles. The van der Waals surface area contributed by atoms with E-state index < -0.39 is 0 Å². The Kier molecular flexibility index (Phi) is 1.79. The summed E-state index contributed by atoms with van der Waals surface area (Å²) in [6.07, 6.45) is 3.85. The zero-order valence-electron chi connectivity index (χ0n) is 7.42. The summed E-state index contributed by atoms with van der Waals surface area (Å²) in [7, 11) is 0. The molecule has 1 fully saturated rings. The molecule has 1 saturated carbocycles. The van der Waals surface area contributed by atoms with Crippen LogP contribution in [0.2, 0.25) is 0 Å². The van der Waals surface area contributed by atoms with Gasteiger partial charge in [-0.1, -0.05) is 0 Å². The molecule has 1 aliphatic carbocycles. The smallest absolute Gasteiger partial charge is 0.202 e. The van der Waals surface area contributed by atoms with E-state index in [4.69, 9.17) is 0 Å². The molecule has 12 heavy (non-hydrogen) atoms. The highest BCUT2D eigenvalue weighted by Gasteiger charge is 2.32. The Labute approximate surface area is 76.4 Å². The Bertz CT molecular complexity index is 278. The van der Waals surface area contributed by atoms with Gasteiger partial charge in [0.2, 0.25) is 5.13 Å². The minimum absolute atomic E-state index is 0.298. The molecule has 3 nitrogen and oxygen atoms in total. The summed E-state index contributed by atoms with van der Waals surface area (Å²) in [5, 5.41) is 4.39. The average Bonchev–Trinajstić information content (AvgIpc) is 2.32. The molecule has 0 aromatic carbocycles. The van der Waals surface area contributed by atoms with Gasteiger partial charge in [-0.05, 0) is 33.1 Å². The quantitative estimate of drug-likeness (QED) is 0.763. The highest BCUT2D eigenvalue weighted by atomic mass is 32.1.